The summed E-state index contributed by atoms with van der Waals surface area (Å²) in [5, 5.41) is 16.6. The fourth-order valence-electron chi connectivity index (χ4n) is 2.24. The van der Waals surface area contributed by atoms with Crippen molar-refractivity contribution in [1.82, 2.24) is 15.1 Å². The zero-order valence-electron chi connectivity index (χ0n) is 10.2. The van der Waals surface area contributed by atoms with E-state index in [1.807, 2.05) is 0 Å². The number of carbonyl (C=O) groups is 1. The number of primary amides is 1. The summed E-state index contributed by atoms with van der Waals surface area (Å²) in [5.74, 6) is -0.507. The first kappa shape index (κ1) is 12.1. The molecule has 94 valence electrons. The molecule has 0 aliphatic carbocycles. The van der Waals surface area contributed by atoms with E-state index in [-0.39, 0.29) is 0 Å². The average molecular weight is 238 g/mol. The lowest BCUT2D eigenvalue weighted by atomic mass is 10.0. The fraction of sp³-hybridized carbons (Fsp3) is 0.636. The number of H-pyrrole nitrogens is 1. The molecule has 0 saturated carbocycles. The number of nitrogens with zero attached hydrogens (tertiary/aromatic N) is 2. The molecule has 1 amide bonds. The Kier molecular flexibility index (Phi) is 2.92. The van der Waals surface area contributed by atoms with Crippen molar-refractivity contribution < 1.29 is 9.90 Å². The summed E-state index contributed by atoms with van der Waals surface area (Å²) < 4.78 is 0. The maximum atomic E-state index is 11.2. The van der Waals surface area contributed by atoms with Crippen LogP contribution in [-0.2, 0) is 13.0 Å². The second-order valence-electron chi connectivity index (χ2n) is 5.17. The molecule has 6 nitrogen and oxygen atoms in total. The predicted molar refractivity (Wildman–Crippen MR) is 62.4 cm³/mol. The number of amides is 1. The molecular formula is C11H18N4O2. The molecule has 1 aromatic rings. The number of hydrogen-bond donors (Lipinski definition) is 3. The molecule has 1 aromatic heterocycles. The van der Waals surface area contributed by atoms with Gasteiger partial charge in [0.2, 0.25) is 0 Å². The molecule has 0 spiro atoms. The minimum absolute atomic E-state index is 0.320. The maximum Gasteiger partial charge on any atom is 0.269 e. The predicted octanol–water partition coefficient (Wildman–Crippen LogP) is -0.362. The van der Waals surface area contributed by atoms with Gasteiger partial charge < -0.3 is 10.8 Å². The first-order valence-corrected chi connectivity index (χ1v) is 5.67. The molecule has 2 rings (SSSR count). The number of β-amino-alcohol motifs (C(OH)–C–C–N with tert-alkyl or cyclic N) is 1. The molecule has 4 N–H and O–H groups in total. The van der Waals surface area contributed by atoms with E-state index in [9.17, 15) is 9.90 Å². The molecule has 0 fully saturated rings. The molecule has 0 radical (unpaired) electrons. The first-order chi connectivity index (χ1) is 7.87. The van der Waals surface area contributed by atoms with Crippen LogP contribution >= 0.6 is 0 Å². The van der Waals surface area contributed by atoms with Gasteiger partial charge in [0.15, 0.2) is 5.69 Å². The molecule has 0 saturated heterocycles. The first-order valence-electron chi connectivity index (χ1n) is 5.67. The summed E-state index contributed by atoms with van der Waals surface area (Å²) in [5.41, 5.74) is 6.69. The van der Waals surface area contributed by atoms with Gasteiger partial charge in [-0.15, -0.1) is 0 Å². The van der Waals surface area contributed by atoms with Crippen LogP contribution in [0.1, 0.15) is 35.6 Å². The second kappa shape index (κ2) is 4.12. The van der Waals surface area contributed by atoms with Gasteiger partial charge in [-0.2, -0.15) is 5.10 Å². The van der Waals surface area contributed by atoms with Crippen LogP contribution in [0.4, 0.5) is 0 Å². The van der Waals surface area contributed by atoms with Crippen LogP contribution in [0.15, 0.2) is 0 Å². The van der Waals surface area contributed by atoms with E-state index in [2.05, 4.69) is 15.1 Å². The SMILES string of the molecule is CC(C)(O)CN1CCc2[nH]nc(C(N)=O)c2C1. The number of hydrogen-bond acceptors (Lipinski definition) is 4. The van der Waals surface area contributed by atoms with Crippen molar-refractivity contribution in [3.05, 3.63) is 17.0 Å². The summed E-state index contributed by atoms with van der Waals surface area (Å²) >= 11 is 0. The third kappa shape index (κ3) is 2.65. The summed E-state index contributed by atoms with van der Waals surface area (Å²) in [6.45, 7) is 5.56. The zero-order valence-corrected chi connectivity index (χ0v) is 10.2. The van der Waals surface area contributed by atoms with E-state index in [1.165, 1.54) is 0 Å². The van der Waals surface area contributed by atoms with Crippen LogP contribution in [-0.4, -0.2) is 44.8 Å². The Morgan fingerprint density at radius 2 is 2.35 bits per heavy atom. The van der Waals surface area contributed by atoms with Crippen molar-refractivity contribution >= 4 is 5.91 Å². The molecular weight excluding hydrogens is 220 g/mol. The number of fused-ring (bicyclic) bond motifs is 1. The maximum absolute atomic E-state index is 11.2. The molecule has 1 aliphatic heterocycles. The highest BCUT2D eigenvalue weighted by Gasteiger charge is 2.27. The molecule has 6 heteroatoms. The van der Waals surface area contributed by atoms with Gasteiger partial charge in [0.1, 0.15) is 0 Å². The van der Waals surface area contributed by atoms with Crippen LogP contribution in [0, 0.1) is 0 Å². The third-order valence-electron chi connectivity index (χ3n) is 2.86. The Hall–Kier alpha value is -1.40. The van der Waals surface area contributed by atoms with Crippen LogP contribution in [0.2, 0.25) is 0 Å². The lowest BCUT2D eigenvalue weighted by Crippen LogP contribution is -2.41. The molecule has 1 aliphatic rings. The Labute approximate surface area is 99.8 Å². The van der Waals surface area contributed by atoms with Gasteiger partial charge in [0.05, 0.1) is 5.60 Å². The Bertz CT molecular complexity index is 433. The zero-order chi connectivity index (χ0) is 12.6. The van der Waals surface area contributed by atoms with Gasteiger partial charge in [-0.05, 0) is 13.8 Å². The monoisotopic (exact) mass is 238 g/mol. The minimum atomic E-state index is -0.742. The van der Waals surface area contributed by atoms with Crippen molar-refractivity contribution in [2.45, 2.75) is 32.4 Å². The normalized spacial score (nSPS) is 16.9. The van der Waals surface area contributed by atoms with Gasteiger partial charge in [0.25, 0.3) is 5.91 Å². The van der Waals surface area contributed by atoms with Crippen LogP contribution in [0.25, 0.3) is 0 Å². The van der Waals surface area contributed by atoms with E-state index in [0.29, 0.717) is 18.8 Å². The number of aromatic amines is 1. The van der Waals surface area contributed by atoms with Crippen molar-refractivity contribution in [3.8, 4) is 0 Å². The summed E-state index contributed by atoms with van der Waals surface area (Å²) in [6.07, 6.45) is 0.797. The van der Waals surface area contributed by atoms with E-state index in [4.69, 9.17) is 5.73 Å². The average Bonchev–Trinajstić information content (AvgIpc) is 2.57. The van der Waals surface area contributed by atoms with E-state index >= 15 is 0 Å². The minimum Gasteiger partial charge on any atom is -0.389 e. The largest absolute Gasteiger partial charge is 0.389 e. The summed E-state index contributed by atoms with van der Waals surface area (Å²) in [6, 6.07) is 0. The number of nitrogens with two attached hydrogens (primary N) is 1. The topological polar surface area (TPSA) is 95.2 Å². The van der Waals surface area contributed by atoms with Crippen molar-refractivity contribution in [2.24, 2.45) is 5.73 Å². The van der Waals surface area contributed by atoms with E-state index in [0.717, 1.165) is 24.2 Å². The molecule has 0 aromatic carbocycles. The Balaban J connectivity index is 2.17. The molecule has 0 bridgehead atoms. The number of rotatable bonds is 3. The molecule has 17 heavy (non-hydrogen) atoms. The Morgan fingerprint density at radius 3 is 2.94 bits per heavy atom. The van der Waals surface area contributed by atoms with Crippen molar-refractivity contribution in [3.63, 3.8) is 0 Å². The highest BCUT2D eigenvalue weighted by atomic mass is 16.3. The van der Waals surface area contributed by atoms with E-state index in [1.54, 1.807) is 13.8 Å². The highest BCUT2D eigenvalue weighted by Crippen LogP contribution is 2.21. The van der Waals surface area contributed by atoms with Gasteiger partial charge in [-0.1, -0.05) is 0 Å². The lowest BCUT2D eigenvalue weighted by molar-refractivity contribution is 0.0316. The standard InChI is InChI=1S/C11H18N4O2/c1-11(2,17)6-15-4-3-8-7(5-15)9(10(12)16)14-13-8/h17H,3-6H2,1-2H3,(H2,12,16)(H,13,14). The van der Waals surface area contributed by atoms with Gasteiger partial charge in [-0.3, -0.25) is 14.8 Å². The van der Waals surface area contributed by atoms with Crippen LogP contribution in [0.3, 0.4) is 0 Å². The van der Waals surface area contributed by atoms with Gasteiger partial charge in [-0.25, -0.2) is 0 Å². The fourth-order valence-corrected chi connectivity index (χ4v) is 2.24. The second-order valence-corrected chi connectivity index (χ2v) is 5.17. The quantitative estimate of drug-likeness (QED) is 0.670. The van der Waals surface area contributed by atoms with Crippen molar-refractivity contribution in [1.29, 1.82) is 0 Å². The lowest BCUT2D eigenvalue weighted by Gasteiger charge is -2.31. The number of aromatic nitrogens is 2. The smallest absolute Gasteiger partial charge is 0.269 e. The number of carbonyl (C=O) groups excluding carboxylic acids is 1. The summed E-state index contributed by atoms with van der Waals surface area (Å²) in [4.78, 5) is 13.3. The Morgan fingerprint density at radius 1 is 1.65 bits per heavy atom. The van der Waals surface area contributed by atoms with Gasteiger partial charge >= 0.3 is 0 Å². The molecule has 0 unspecified atom stereocenters. The van der Waals surface area contributed by atoms with Crippen molar-refractivity contribution in [2.75, 3.05) is 13.1 Å². The molecule has 2 heterocycles. The van der Waals surface area contributed by atoms with E-state index < -0.39 is 11.5 Å². The highest BCUT2D eigenvalue weighted by molar-refractivity contribution is 5.92. The molecule has 0 atom stereocenters. The summed E-state index contributed by atoms with van der Waals surface area (Å²) in [7, 11) is 0. The van der Waals surface area contributed by atoms with Crippen LogP contribution < -0.4 is 5.73 Å². The number of aliphatic hydroxyl groups is 1. The van der Waals surface area contributed by atoms with Crippen LogP contribution in [0.5, 0.6) is 0 Å². The number of nitrogens with one attached hydrogen (secondary N) is 1. The third-order valence-corrected chi connectivity index (χ3v) is 2.86. The van der Waals surface area contributed by atoms with Gasteiger partial charge in [0, 0.05) is 37.3 Å².